The van der Waals surface area contributed by atoms with Gasteiger partial charge in [-0.3, -0.25) is 4.72 Å². The summed E-state index contributed by atoms with van der Waals surface area (Å²) in [6, 6.07) is 7.84. The van der Waals surface area contributed by atoms with Gasteiger partial charge in [-0.05, 0) is 59.7 Å². The van der Waals surface area contributed by atoms with Gasteiger partial charge < -0.3 is 5.32 Å². The topological polar surface area (TPSA) is 58.2 Å². The zero-order chi connectivity index (χ0) is 12.3. The van der Waals surface area contributed by atoms with Crippen molar-refractivity contribution in [3.05, 3.63) is 27.8 Å². The molecule has 1 saturated carbocycles. The molecule has 0 aliphatic heterocycles. The van der Waals surface area contributed by atoms with Crippen LogP contribution in [0.4, 0.5) is 5.69 Å². The third-order valence-electron chi connectivity index (χ3n) is 2.50. The lowest BCUT2D eigenvalue weighted by Gasteiger charge is -2.08. The molecule has 0 radical (unpaired) electrons. The lowest BCUT2D eigenvalue weighted by molar-refractivity contribution is 0.595. The summed E-state index contributed by atoms with van der Waals surface area (Å²) in [6.07, 6.45) is 2.34. The van der Waals surface area contributed by atoms with Gasteiger partial charge >= 0.3 is 0 Å². The number of anilines is 1. The van der Waals surface area contributed by atoms with Crippen molar-refractivity contribution in [3.8, 4) is 0 Å². The maximum Gasteiger partial charge on any atom is 0.233 e. The first kappa shape index (κ1) is 13.1. The molecule has 2 N–H and O–H groups in total. The molecule has 0 aromatic heterocycles. The van der Waals surface area contributed by atoms with Crippen LogP contribution in [0, 0.1) is 3.57 Å². The molecule has 0 saturated heterocycles. The fourth-order valence-electron chi connectivity index (χ4n) is 1.43. The first-order valence-electron chi connectivity index (χ1n) is 5.55. The Morgan fingerprint density at radius 2 is 1.88 bits per heavy atom. The van der Waals surface area contributed by atoms with Crippen molar-refractivity contribution in [1.29, 1.82) is 0 Å². The highest BCUT2D eigenvalue weighted by Gasteiger charge is 2.21. The van der Waals surface area contributed by atoms with Crippen molar-refractivity contribution in [1.82, 2.24) is 5.32 Å². The molecule has 1 aromatic carbocycles. The second-order valence-corrected chi connectivity index (χ2v) is 7.24. The quantitative estimate of drug-likeness (QED) is 0.755. The van der Waals surface area contributed by atoms with Crippen molar-refractivity contribution >= 4 is 38.3 Å². The highest BCUT2D eigenvalue weighted by molar-refractivity contribution is 14.1. The minimum atomic E-state index is -3.23. The Balaban J connectivity index is 1.84. The van der Waals surface area contributed by atoms with Gasteiger partial charge in [0.05, 0.1) is 5.75 Å². The number of hydrogen-bond acceptors (Lipinski definition) is 3. The summed E-state index contributed by atoms with van der Waals surface area (Å²) in [5.41, 5.74) is 0.622. The normalized spacial score (nSPS) is 15.8. The lowest BCUT2D eigenvalue weighted by Crippen LogP contribution is -2.27. The third-order valence-corrected chi connectivity index (χ3v) is 4.51. The molecule has 6 heteroatoms. The van der Waals surface area contributed by atoms with Crippen LogP contribution in [0.15, 0.2) is 24.3 Å². The predicted octanol–water partition coefficient (Wildman–Crippen LogP) is 1.78. The second kappa shape index (κ2) is 5.53. The molecule has 94 valence electrons. The van der Waals surface area contributed by atoms with Crippen LogP contribution in [0.25, 0.3) is 0 Å². The van der Waals surface area contributed by atoms with Crippen LogP contribution in [-0.4, -0.2) is 26.8 Å². The van der Waals surface area contributed by atoms with Crippen molar-refractivity contribution in [3.63, 3.8) is 0 Å². The van der Waals surface area contributed by atoms with Gasteiger partial charge in [-0.2, -0.15) is 0 Å². The Morgan fingerprint density at radius 3 is 2.47 bits per heavy atom. The van der Waals surface area contributed by atoms with E-state index in [-0.39, 0.29) is 5.75 Å². The van der Waals surface area contributed by atoms with Crippen LogP contribution in [-0.2, 0) is 10.0 Å². The number of sulfonamides is 1. The van der Waals surface area contributed by atoms with Crippen LogP contribution in [0.5, 0.6) is 0 Å². The van der Waals surface area contributed by atoms with E-state index in [0.29, 0.717) is 18.3 Å². The van der Waals surface area contributed by atoms with E-state index in [0.717, 1.165) is 3.57 Å². The predicted molar refractivity (Wildman–Crippen MR) is 77.6 cm³/mol. The molecule has 4 nitrogen and oxygen atoms in total. The van der Waals surface area contributed by atoms with Gasteiger partial charge in [-0.25, -0.2) is 8.42 Å². The van der Waals surface area contributed by atoms with E-state index in [9.17, 15) is 8.42 Å². The number of benzene rings is 1. The largest absolute Gasteiger partial charge is 0.313 e. The number of hydrogen-bond donors (Lipinski definition) is 2. The summed E-state index contributed by atoms with van der Waals surface area (Å²) in [5, 5.41) is 3.19. The maximum atomic E-state index is 11.7. The molecule has 0 unspecified atom stereocenters. The van der Waals surface area contributed by atoms with Crippen LogP contribution in [0.2, 0.25) is 0 Å². The van der Waals surface area contributed by atoms with Gasteiger partial charge in [-0.1, -0.05) is 0 Å². The Labute approximate surface area is 115 Å². The van der Waals surface area contributed by atoms with Crippen LogP contribution < -0.4 is 10.0 Å². The molecule has 0 heterocycles. The summed E-state index contributed by atoms with van der Waals surface area (Å²) in [4.78, 5) is 0. The molecule has 1 fully saturated rings. The summed E-state index contributed by atoms with van der Waals surface area (Å²) in [5.74, 6) is 0.121. The van der Waals surface area contributed by atoms with E-state index >= 15 is 0 Å². The van der Waals surface area contributed by atoms with Crippen LogP contribution in [0.1, 0.15) is 12.8 Å². The Morgan fingerprint density at radius 1 is 1.24 bits per heavy atom. The molecular formula is C11H15IN2O2S. The average molecular weight is 366 g/mol. The molecule has 0 bridgehead atoms. The summed E-state index contributed by atoms with van der Waals surface area (Å²) in [6.45, 7) is 0.518. The SMILES string of the molecule is O=S(=O)(CCNC1CC1)Nc1ccc(I)cc1. The Bertz CT molecular complexity index is 469. The van der Waals surface area contributed by atoms with E-state index in [1.165, 1.54) is 12.8 Å². The van der Waals surface area contributed by atoms with Gasteiger partial charge in [0.2, 0.25) is 10.0 Å². The van der Waals surface area contributed by atoms with Gasteiger partial charge in [0.25, 0.3) is 0 Å². The number of halogens is 1. The van der Waals surface area contributed by atoms with Crippen molar-refractivity contribution < 1.29 is 8.42 Å². The molecular weight excluding hydrogens is 351 g/mol. The minimum absolute atomic E-state index is 0.121. The first-order chi connectivity index (χ1) is 8.05. The second-order valence-electron chi connectivity index (χ2n) is 4.16. The molecule has 2 rings (SSSR count). The van der Waals surface area contributed by atoms with Crippen molar-refractivity contribution in [2.24, 2.45) is 0 Å². The summed E-state index contributed by atoms with van der Waals surface area (Å²) >= 11 is 2.18. The van der Waals surface area contributed by atoms with E-state index in [2.05, 4.69) is 32.6 Å². The molecule has 0 amide bonds. The molecule has 1 aliphatic carbocycles. The van der Waals surface area contributed by atoms with Gasteiger partial charge in [0.15, 0.2) is 0 Å². The minimum Gasteiger partial charge on any atom is -0.313 e. The monoisotopic (exact) mass is 366 g/mol. The molecule has 17 heavy (non-hydrogen) atoms. The van der Waals surface area contributed by atoms with Crippen LogP contribution in [0.3, 0.4) is 0 Å². The van der Waals surface area contributed by atoms with E-state index in [4.69, 9.17) is 0 Å². The Kier molecular flexibility index (Phi) is 4.26. The van der Waals surface area contributed by atoms with Crippen LogP contribution >= 0.6 is 22.6 Å². The average Bonchev–Trinajstić information content (AvgIpc) is 3.05. The number of nitrogens with one attached hydrogen (secondary N) is 2. The number of rotatable bonds is 6. The summed E-state index contributed by atoms with van der Waals surface area (Å²) in [7, 11) is -3.23. The van der Waals surface area contributed by atoms with Gasteiger partial charge in [0.1, 0.15) is 0 Å². The standard InChI is InChI=1S/C11H15IN2O2S/c12-9-1-3-11(4-2-9)14-17(15,16)8-7-13-10-5-6-10/h1-4,10,13-14H,5-8H2. The van der Waals surface area contributed by atoms with Crippen molar-refractivity contribution in [2.75, 3.05) is 17.0 Å². The zero-order valence-corrected chi connectivity index (χ0v) is 12.3. The molecule has 0 atom stereocenters. The van der Waals surface area contributed by atoms with Gasteiger partial charge in [-0.15, -0.1) is 0 Å². The fourth-order valence-corrected chi connectivity index (χ4v) is 2.78. The van der Waals surface area contributed by atoms with E-state index in [1.807, 2.05) is 12.1 Å². The Hall–Kier alpha value is -0.340. The van der Waals surface area contributed by atoms with E-state index < -0.39 is 10.0 Å². The van der Waals surface area contributed by atoms with E-state index in [1.54, 1.807) is 12.1 Å². The van der Waals surface area contributed by atoms with Crippen molar-refractivity contribution in [2.45, 2.75) is 18.9 Å². The summed E-state index contributed by atoms with van der Waals surface area (Å²) < 4.78 is 27.1. The smallest absolute Gasteiger partial charge is 0.233 e. The van der Waals surface area contributed by atoms with Gasteiger partial charge in [0, 0.05) is 21.8 Å². The lowest BCUT2D eigenvalue weighted by atomic mass is 10.3. The highest BCUT2D eigenvalue weighted by atomic mass is 127. The fraction of sp³-hybridized carbons (Fsp3) is 0.455. The zero-order valence-electron chi connectivity index (χ0n) is 9.32. The maximum absolute atomic E-state index is 11.7. The molecule has 1 aromatic rings. The first-order valence-corrected chi connectivity index (χ1v) is 8.28. The highest BCUT2D eigenvalue weighted by Crippen LogP contribution is 2.18. The molecule has 1 aliphatic rings. The third kappa shape index (κ3) is 4.81. The molecule has 0 spiro atoms.